The topological polar surface area (TPSA) is 0 Å². The summed E-state index contributed by atoms with van der Waals surface area (Å²) >= 11 is 13.8. The summed E-state index contributed by atoms with van der Waals surface area (Å²) in [5, 5.41) is -0.107. The lowest BCUT2D eigenvalue weighted by molar-refractivity contribution is 0.684. The van der Waals surface area contributed by atoms with E-state index in [1.165, 1.54) is 42.4 Å². The molecule has 0 radical (unpaired) electrons. The first-order chi connectivity index (χ1) is 9.65. The zero-order valence-electron chi connectivity index (χ0n) is 11.0. The van der Waals surface area contributed by atoms with Gasteiger partial charge >= 0.3 is 0 Å². The third-order valence-electron chi connectivity index (χ3n) is 3.90. The van der Waals surface area contributed by atoms with Gasteiger partial charge in [0.05, 0.1) is 5.38 Å². The van der Waals surface area contributed by atoms with E-state index >= 15 is 0 Å². The highest BCUT2D eigenvalue weighted by Gasteiger charge is 2.17. The van der Waals surface area contributed by atoms with Crippen LogP contribution in [0.2, 0.25) is 0 Å². The van der Waals surface area contributed by atoms with Crippen molar-refractivity contribution in [1.82, 2.24) is 0 Å². The van der Waals surface area contributed by atoms with Crippen LogP contribution < -0.4 is 0 Å². The Labute approximate surface area is 141 Å². The van der Waals surface area contributed by atoms with Crippen molar-refractivity contribution in [2.45, 2.75) is 31.1 Å². The Morgan fingerprint density at radius 1 is 0.900 bits per heavy atom. The zero-order chi connectivity index (χ0) is 14.1. The number of aryl methyl sites for hydroxylation is 2. The maximum absolute atomic E-state index is 6.69. The summed E-state index contributed by atoms with van der Waals surface area (Å²) in [6.07, 6.45) is 5.01. The highest BCUT2D eigenvalue weighted by Crippen LogP contribution is 2.36. The van der Waals surface area contributed by atoms with E-state index in [1.807, 2.05) is 12.1 Å². The van der Waals surface area contributed by atoms with Crippen LogP contribution in [0, 0.1) is 0 Å². The quantitative estimate of drug-likeness (QED) is 0.498. The van der Waals surface area contributed by atoms with Crippen molar-refractivity contribution in [3.8, 4) is 0 Å². The van der Waals surface area contributed by atoms with Crippen molar-refractivity contribution in [2.75, 3.05) is 0 Å². The van der Waals surface area contributed by atoms with Crippen LogP contribution in [0.4, 0.5) is 0 Å². The Bertz CT molecular complexity index is 637. The molecule has 104 valence electrons. The van der Waals surface area contributed by atoms with Crippen molar-refractivity contribution in [3.05, 3.63) is 67.6 Å². The lowest BCUT2D eigenvalue weighted by atomic mass is 9.89. The molecule has 0 heterocycles. The smallest absolute Gasteiger partial charge is 0.0846 e. The number of hydrogen-bond donors (Lipinski definition) is 0. The number of halogens is 3. The molecule has 0 N–H and O–H groups in total. The largest absolute Gasteiger partial charge is 0.113 e. The molecular weight excluding hydrogens is 399 g/mol. The van der Waals surface area contributed by atoms with Gasteiger partial charge in [0.2, 0.25) is 0 Å². The number of rotatable bonds is 2. The van der Waals surface area contributed by atoms with Crippen LogP contribution in [0.15, 0.2) is 45.3 Å². The van der Waals surface area contributed by atoms with Crippen molar-refractivity contribution in [1.29, 1.82) is 0 Å². The summed E-state index contributed by atoms with van der Waals surface area (Å²) in [4.78, 5) is 0. The lowest BCUT2D eigenvalue weighted by Gasteiger charge is -2.19. The molecule has 1 atom stereocenters. The van der Waals surface area contributed by atoms with Crippen LogP contribution in [0.1, 0.15) is 40.5 Å². The average Bonchev–Trinajstić information content (AvgIpc) is 2.46. The molecule has 1 aliphatic carbocycles. The number of fused-ring (bicyclic) bond motifs is 1. The van der Waals surface area contributed by atoms with E-state index in [9.17, 15) is 0 Å². The Morgan fingerprint density at radius 3 is 2.40 bits per heavy atom. The zero-order valence-corrected chi connectivity index (χ0v) is 14.9. The van der Waals surface area contributed by atoms with E-state index in [4.69, 9.17) is 11.6 Å². The van der Waals surface area contributed by atoms with E-state index in [1.54, 1.807) is 0 Å². The molecule has 0 saturated heterocycles. The predicted octanol–water partition coefficient (Wildman–Crippen LogP) is 6.42. The summed E-state index contributed by atoms with van der Waals surface area (Å²) in [5.41, 5.74) is 5.28. The minimum Gasteiger partial charge on any atom is -0.113 e. The second-order valence-electron chi connectivity index (χ2n) is 5.26. The molecule has 0 spiro atoms. The highest BCUT2D eigenvalue weighted by atomic mass is 79.9. The van der Waals surface area contributed by atoms with Crippen molar-refractivity contribution in [3.63, 3.8) is 0 Å². The summed E-state index contributed by atoms with van der Waals surface area (Å²) in [6.45, 7) is 0. The van der Waals surface area contributed by atoms with Gasteiger partial charge in [0.25, 0.3) is 0 Å². The van der Waals surface area contributed by atoms with Crippen LogP contribution in [-0.4, -0.2) is 0 Å². The molecule has 3 heteroatoms. The van der Waals surface area contributed by atoms with Crippen LogP contribution in [-0.2, 0) is 12.8 Å². The van der Waals surface area contributed by atoms with Crippen LogP contribution >= 0.6 is 43.5 Å². The molecule has 0 saturated carbocycles. The molecular formula is C17H15Br2Cl. The highest BCUT2D eigenvalue weighted by molar-refractivity contribution is 9.11. The molecule has 1 unspecified atom stereocenters. The molecule has 0 fully saturated rings. The SMILES string of the molecule is ClC(c1ccc2c(c1)CCCC2)c1ccc(Br)cc1Br. The lowest BCUT2D eigenvalue weighted by Crippen LogP contribution is -2.04. The summed E-state index contributed by atoms with van der Waals surface area (Å²) in [6, 6.07) is 12.9. The van der Waals surface area contributed by atoms with Gasteiger partial charge in [-0.1, -0.05) is 56.1 Å². The van der Waals surface area contributed by atoms with Crippen LogP contribution in [0.25, 0.3) is 0 Å². The fraction of sp³-hybridized carbons (Fsp3) is 0.294. The van der Waals surface area contributed by atoms with Gasteiger partial charge < -0.3 is 0 Å². The summed E-state index contributed by atoms with van der Waals surface area (Å²) < 4.78 is 2.10. The first kappa shape index (κ1) is 14.6. The first-order valence-electron chi connectivity index (χ1n) is 6.86. The molecule has 3 rings (SSSR count). The van der Waals surface area contributed by atoms with Gasteiger partial charge in [-0.2, -0.15) is 0 Å². The number of hydrogen-bond acceptors (Lipinski definition) is 0. The van der Waals surface area contributed by atoms with Gasteiger partial charge in [-0.05, 0) is 60.1 Å². The second-order valence-corrected chi connectivity index (χ2v) is 7.47. The van der Waals surface area contributed by atoms with Crippen molar-refractivity contribution < 1.29 is 0 Å². The van der Waals surface area contributed by atoms with E-state index in [0.717, 1.165) is 14.5 Å². The molecule has 0 amide bonds. The minimum absolute atomic E-state index is 0.107. The summed E-state index contributed by atoms with van der Waals surface area (Å²) in [5.74, 6) is 0. The van der Waals surface area contributed by atoms with Gasteiger partial charge in [-0.3, -0.25) is 0 Å². The van der Waals surface area contributed by atoms with Gasteiger partial charge in [0, 0.05) is 8.95 Å². The maximum atomic E-state index is 6.69. The second kappa shape index (κ2) is 6.21. The van der Waals surface area contributed by atoms with Crippen LogP contribution in [0.5, 0.6) is 0 Å². The van der Waals surface area contributed by atoms with Crippen molar-refractivity contribution >= 4 is 43.5 Å². The Balaban J connectivity index is 1.95. The average molecular weight is 415 g/mol. The molecule has 2 aromatic carbocycles. The van der Waals surface area contributed by atoms with E-state index in [-0.39, 0.29) is 5.38 Å². The van der Waals surface area contributed by atoms with Gasteiger partial charge in [-0.25, -0.2) is 0 Å². The Hall–Kier alpha value is -0.310. The van der Waals surface area contributed by atoms with E-state index < -0.39 is 0 Å². The monoisotopic (exact) mass is 412 g/mol. The van der Waals surface area contributed by atoms with E-state index in [0.29, 0.717) is 0 Å². The molecule has 20 heavy (non-hydrogen) atoms. The standard InChI is InChI=1S/C17H15Br2Cl/c18-14-7-8-15(16(19)10-14)17(20)13-6-5-11-3-1-2-4-12(11)9-13/h5-10,17H,1-4H2. The predicted molar refractivity (Wildman–Crippen MR) is 92.6 cm³/mol. The Morgan fingerprint density at radius 2 is 1.65 bits per heavy atom. The molecule has 0 nitrogen and oxygen atoms in total. The number of benzene rings is 2. The third-order valence-corrected chi connectivity index (χ3v) is 5.57. The van der Waals surface area contributed by atoms with Crippen LogP contribution in [0.3, 0.4) is 0 Å². The van der Waals surface area contributed by atoms with Gasteiger partial charge in [0.15, 0.2) is 0 Å². The summed E-state index contributed by atoms with van der Waals surface area (Å²) in [7, 11) is 0. The van der Waals surface area contributed by atoms with Crippen molar-refractivity contribution in [2.24, 2.45) is 0 Å². The molecule has 0 bridgehead atoms. The fourth-order valence-corrected chi connectivity index (χ4v) is 4.53. The molecule has 2 aromatic rings. The first-order valence-corrected chi connectivity index (χ1v) is 8.88. The molecule has 0 aliphatic heterocycles. The normalized spacial score (nSPS) is 15.8. The van der Waals surface area contributed by atoms with E-state index in [2.05, 4.69) is 56.1 Å². The van der Waals surface area contributed by atoms with Gasteiger partial charge in [0.1, 0.15) is 0 Å². The Kier molecular flexibility index (Phi) is 4.54. The minimum atomic E-state index is -0.107. The number of alkyl halides is 1. The molecule has 1 aliphatic rings. The van der Waals surface area contributed by atoms with Gasteiger partial charge in [-0.15, -0.1) is 11.6 Å². The third kappa shape index (κ3) is 2.98. The fourth-order valence-electron chi connectivity index (χ4n) is 2.80. The maximum Gasteiger partial charge on any atom is 0.0846 e. The molecule has 0 aromatic heterocycles.